The number of benzene rings is 2. The number of nitrogens with zero attached hydrogens (tertiary/aromatic N) is 1. The number of sulfonamides is 1. The Kier molecular flexibility index (Phi) is 4.92. The Hall–Kier alpha value is -1.80. The first-order valence-corrected chi connectivity index (χ1v) is 10.1. The second-order valence-corrected chi connectivity index (χ2v) is 8.49. The molecule has 0 aliphatic heterocycles. The van der Waals surface area contributed by atoms with Gasteiger partial charge in [0.2, 0.25) is 10.0 Å². The lowest BCUT2D eigenvalue weighted by Gasteiger charge is -2.11. The Morgan fingerprint density at radius 3 is 2.46 bits per heavy atom. The summed E-state index contributed by atoms with van der Waals surface area (Å²) in [6.45, 7) is 0. The fourth-order valence-corrected chi connectivity index (χ4v) is 3.60. The van der Waals surface area contributed by atoms with E-state index in [-0.39, 0.29) is 10.7 Å². The maximum Gasteiger partial charge on any atom is 0.267 e. The van der Waals surface area contributed by atoms with E-state index in [2.05, 4.69) is 0 Å². The molecule has 1 aromatic heterocycles. The molecule has 0 bridgehead atoms. The number of carbonyl (C=O) groups is 1. The first kappa shape index (κ1) is 19.0. The van der Waals surface area contributed by atoms with E-state index in [0.29, 0.717) is 20.9 Å². The van der Waals surface area contributed by atoms with Crippen LogP contribution in [0.5, 0.6) is 0 Å². The van der Waals surface area contributed by atoms with Crippen molar-refractivity contribution < 1.29 is 17.6 Å². The van der Waals surface area contributed by atoms with Gasteiger partial charge in [-0.3, -0.25) is 4.79 Å². The minimum Gasteiger partial charge on any atom is -0.313 e. The van der Waals surface area contributed by atoms with Crippen LogP contribution in [0.1, 0.15) is 10.4 Å². The predicted octanol–water partition coefficient (Wildman–Crippen LogP) is 4.42. The zero-order valence-corrected chi connectivity index (χ0v) is 16.1. The molecule has 136 valence electrons. The number of halogens is 4. The van der Waals surface area contributed by atoms with E-state index in [4.69, 9.17) is 34.8 Å². The molecule has 0 aliphatic carbocycles. The summed E-state index contributed by atoms with van der Waals surface area (Å²) in [5, 5.41) is 1.56. The highest BCUT2D eigenvalue weighted by Crippen LogP contribution is 2.34. The van der Waals surface area contributed by atoms with Gasteiger partial charge in [0, 0.05) is 22.7 Å². The third-order valence-corrected chi connectivity index (χ3v) is 4.93. The summed E-state index contributed by atoms with van der Waals surface area (Å²) >= 11 is 18.4. The molecule has 0 saturated carbocycles. The number of aromatic nitrogens is 1. The SMILES string of the molecule is CS(=O)(=O)NC(=O)c1cc(Cl)c(-n2cc(Cl)c3cc(Cl)ccc32)cc1F. The quantitative estimate of drug-likeness (QED) is 0.662. The molecule has 3 rings (SSSR count). The number of carbonyl (C=O) groups excluding carboxylic acids is 1. The van der Waals surface area contributed by atoms with Crippen molar-refractivity contribution in [1.82, 2.24) is 9.29 Å². The maximum atomic E-state index is 14.4. The van der Waals surface area contributed by atoms with Crippen LogP contribution in [0.4, 0.5) is 4.39 Å². The molecule has 0 radical (unpaired) electrons. The van der Waals surface area contributed by atoms with Gasteiger partial charge in [-0.2, -0.15) is 0 Å². The van der Waals surface area contributed by atoms with Gasteiger partial charge in [-0.05, 0) is 24.3 Å². The number of nitrogens with one attached hydrogen (secondary N) is 1. The minimum atomic E-state index is -3.84. The van der Waals surface area contributed by atoms with Gasteiger partial charge in [-0.1, -0.05) is 34.8 Å². The van der Waals surface area contributed by atoms with Crippen molar-refractivity contribution in [3.05, 3.63) is 63.0 Å². The van der Waals surface area contributed by atoms with Crippen molar-refractivity contribution in [1.29, 1.82) is 0 Å². The van der Waals surface area contributed by atoms with Gasteiger partial charge in [0.1, 0.15) is 5.82 Å². The molecule has 10 heteroatoms. The van der Waals surface area contributed by atoms with Crippen molar-refractivity contribution >= 4 is 61.6 Å². The lowest BCUT2D eigenvalue weighted by atomic mass is 10.1. The maximum absolute atomic E-state index is 14.4. The summed E-state index contributed by atoms with van der Waals surface area (Å²) in [5.41, 5.74) is 0.378. The Labute approximate surface area is 163 Å². The van der Waals surface area contributed by atoms with Gasteiger partial charge in [0.15, 0.2) is 0 Å². The highest BCUT2D eigenvalue weighted by Gasteiger charge is 2.20. The Morgan fingerprint density at radius 1 is 1.12 bits per heavy atom. The van der Waals surface area contributed by atoms with E-state index in [0.717, 1.165) is 18.4 Å². The second kappa shape index (κ2) is 6.74. The van der Waals surface area contributed by atoms with Crippen LogP contribution in [-0.4, -0.2) is 25.1 Å². The number of amides is 1. The Balaban J connectivity index is 2.14. The summed E-state index contributed by atoms with van der Waals surface area (Å²) in [6.07, 6.45) is 2.33. The number of hydrogen-bond donors (Lipinski definition) is 1. The van der Waals surface area contributed by atoms with Crippen molar-refractivity contribution in [3.8, 4) is 5.69 Å². The molecule has 1 N–H and O–H groups in total. The van der Waals surface area contributed by atoms with Crippen molar-refractivity contribution in [2.24, 2.45) is 0 Å². The topological polar surface area (TPSA) is 68.2 Å². The Morgan fingerprint density at radius 2 is 1.81 bits per heavy atom. The molecule has 26 heavy (non-hydrogen) atoms. The van der Waals surface area contributed by atoms with Gasteiger partial charge in [0.25, 0.3) is 5.91 Å². The highest BCUT2D eigenvalue weighted by molar-refractivity contribution is 7.89. The molecule has 3 aromatic rings. The molecule has 0 fully saturated rings. The third-order valence-electron chi connectivity index (χ3n) is 3.54. The lowest BCUT2D eigenvalue weighted by Crippen LogP contribution is -2.30. The fourth-order valence-electron chi connectivity index (χ4n) is 2.48. The largest absolute Gasteiger partial charge is 0.313 e. The van der Waals surface area contributed by atoms with Crippen LogP contribution in [0.3, 0.4) is 0 Å². The molecule has 5 nitrogen and oxygen atoms in total. The zero-order chi connectivity index (χ0) is 19.2. The lowest BCUT2D eigenvalue weighted by molar-refractivity contribution is 0.0978. The smallest absolute Gasteiger partial charge is 0.267 e. The molecule has 0 spiro atoms. The van der Waals surface area contributed by atoms with Crippen LogP contribution in [0.2, 0.25) is 15.1 Å². The van der Waals surface area contributed by atoms with Crippen LogP contribution < -0.4 is 4.72 Å². The standard InChI is InChI=1S/C16H10Cl3FN2O3S/c1-26(24,25)21-16(23)10-5-11(18)15(6-13(10)20)22-7-12(19)9-4-8(17)2-3-14(9)22/h2-7H,1H3,(H,21,23). The highest BCUT2D eigenvalue weighted by atomic mass is 35.5. The van der Waals surface area contributed by atoms with E-state index in [1.165, 1.54) is 0 Å². The average Bonchev–Trinajstić information content (AvgIpc) is 2.84. The van der Waals surface area contributed by atoms with Crippen LogP contribution in [-0.2, 0) is 10.0 Å². The van der Waals surface area contributed by atoms with Gasteiger partial charge in [0.05, 0.1) is 33.1 Å². The minimum absolute atomic E-state index is 0.0357. The summed E-state index contributed by atoms with van der Waals surface area (Å²) in [4.78, 5) is 11.9. The molecule has 0 aliphatic rings. The normalized spacial score (nSPS) is 11.7. The summed E-state index contributed by atoms with van der Waals surface area (Å²) < 4.78 is 40.0. The van der Waals surface area contributed by atoms with Crippen LogP contribution >= 0.6 is 34.8 Å². The summed E-state index contributed by atoms with van der Waals surface area (Å²) in [5.74, 6) is -2.04. The van der Waals surface area contributed by atoms with E-state index >= 15 is 0 Å². The third kappa shape index (κ3) is 3.66. The zero-order valence-electron chi connectivity index (χ0n) is 13.1. The van der Waals surface area contributed by atoms with Crippen molar-refractivity contribution in [2.75, 3.05) is 6.26 Å². The van der Waals surface area contributed by atoms with E-state index in [1.54, 1.807) is 33.7 Å². The molecule has 0 unspecified atom stereocenters. The Bertz CT molecular complexity index is 1160. The fraction of sp³-hybridized carbons (Fsp3) is 0.0625. The molecule has 0 atom stereocenters. The van der Waals surface area contributed by atoms with Gasteiger partial charge in [-0.25, -0.2) is 17.5 Å². The number of rotatable bonds is 3. The first-order chi connectivity index (χ1) is 12.1. The van der Waals surface area contributed by atoms with Crippen LogP contribution in [0.25, 0.3) is 16.6 Å². The first-order valence-electron chi connectivity index (χ1n) is 7.04. The van der Waals surface area contributed by atoms with E-state index in [9.17, 15) is 17.6 Å². The second-order valence-electron chi connectivity index (χ2n) is 5.50. The van der Waals surface area contributed by atoms with Gasteiger partial charge >= 0.3 is 0 Å². The van der Waals surface area contributed by atoms with Gasteiger partial charge in [-0.15, -0.1) is 0 Å². The monoisotopic (exact) mass is 434 g/mol. The molecular weight excluding hydrogens is 426 g/mol. The molecule has 0 saturated heterocycles. The van der Waals surface area contributed by atoms with Crippen molar-refractivity contribution in [3.63, 3.8) is 0 Å². The van der Waals surface area contributed by atoms with Crippen LogP contribution in [0, 0.1) is 5.82 Å². The van der Waals surface area contributed by atoms with E-state index in [1.807, 2.05) is 0 Å². The molecule has 1 amide bonds. The molecule has 2 aromatic carbocycles. The van der Waals surface area contributed by atoms with E-state index < -0.39 is 27.3 Å². The predicted molar refractivity (Wildman–Crippen MR) is 101 cm³/mol. The molecular formula is C16H10Cl3FN2O3S. The average molecular weight is 436 g/mol. The number of hydrogen-bond acceptors (Lipinski definition) is 3. The summed E-state index contributed by atoms with van der Waals surface area (Å²) in [6, 6.07) is 7.09. The van der Waals surface area contributed by atoms with Crippen molar-refractivity contribution in [2.45, 2.75) is 0 Å². The summed E-state index contributed by atoms with van der Waals surface area (Å²) in [7, 11) is -3.84. The number of fused-ring (bicyclic) bond motifs is 1. The van der Waals surface area contributed by atoms with Gasteiger partial charge < -0.3 is 4.57 Å². The molecule has 1 heterocycles. The van der Waals surface area contributed by atoms with Crippen LogP contribution in [0.15, 0.2) is 36.5 Å².